The summed E-state index contributed by atoms with van der Waals surface area (Å²) in [6.07, 6.45) is -0.942. The Hall–Kier alpha value is -1.26. The summed E-state index contributed by atoms with van der Waals surface area (Å²) in [6, 6.07) is -0.293. The average molecular weight is 390 g/mol. The number of esters is 1. The standard InChI is InChI=1S/C18H34N2O7/c1-12-13(2)17(20-14(3)21)18(27-16(12)11-26-15(4)22)25-10-9-24-8-7-23-6-5-19/h12-13,16-18H,5-11,19H2,1-4H3,(H,20,21)/t12-,13+,16?,17?,18-/m1/s1. The van der Waals surface area contributed by atoms with Gasteiger partial charge in [-0.05, 0) is 11.8 Å². The molecule has 0 saturated carbocycles. The van der Waals surface area contributed by atoms with Gasteiger partial charge in [0.2, 0.25) is 5.91 Å². The van der Waals surface area contributed by atoms with Gasteiger partial charge in [-0.3, -0.25) is 9.59 Å². The van der Waals surface area contributed by atoms with Crippen LogP contribution in [0.1, 0.15) is 27.7 Å². The van der Waals surface area contributed by atoms with Crippen molar-refractivity contribution in [1.29, 1.82) is 0 Å². The zero-order valence-corrected chi connectivity index (χ0v) is 16.8. The lowest BCUT2D eigenvalue weighted by Gasteiger charge is -2.44. The molecule has 0 aliphatic carbocycles. The molecule has 0 spiro atoms. The fourth-order valence-electron chi connectivity index (χ4n) is 2.89. The van der Waals surface area contributed by atoms with Crippen LogP contribution in [0.25, 0.3) is 0 Å². The van der Waals surface area contributed by atoms with Crippen LogP contribution in [0.15, 0.2) is 0 Å². The van der Waals surface area contributed by atoms with Crippen molar-refractivity contribution in [2.24, 2.45) is 17.6 Å². The third-order valence-corrected chi connectivity index (χ3v) is 4.55. The van der Waals surface area contributed by atoms with Gasteiger partial charge in [0.1, 0.15) is 6.61 Å². The van der Waals surface area contributed by atoms with E-state index in [2.05, 4.69) is 5.32 Å². The topological polar surface area (TPSA) is 118 Å². The predicted molar refractivity (Wildman–Crippen MR) is 97.9 cm³/mol. The van der Waals surface area contributed by atoms with E-state index in [1.807, 2.05) is 13.8 Å². The van der Waals surface area contributed by atoms with Gasteiger partial charge < -0.3 is 34.7 Å². The van der Waals surface area contributed by atoms with Crippen molar-refractivity contribution >= 4 is 11.9 Å². The second kappa shape index (κ2) is 13.0. The monoisotopic (exact) mass is 390 g/mol. The Morgan fingerprint density at radius 3 is 2.22 bits per heavy atom. The van der Waals surface area contributed by atoms with Crippen LogP contribution in [0.2, 0.25) is 0 Å². The fraction of sp³-hybridized carbons (Fsp3) is 0.889. The molecule has 0 aromatic heterocycles. The van der Waals surface area contributed by atoms with E-state index >= 15 is 0 Å². The normalized spacial score (nSPS) is 28.0. The molecule has 2 unspecified atom stereocenters. The van der Waals surface area contributed by atoms with Gasteiger partial charge in [0.25, 0.3) is 0 Å². The van der Waals surface area contributed by atoms with Crippen molar-refractivity contribution < 1.29 is 33.3 Å². The Kier molecular flexibility index (Phi) is 11.5. The molecule has 0 radical (unpaired) electrons. The first-order valence-electron chi connectivity index (χ1n) is 9.39. The number of nitrogens with one attached hydrogen (secondary N) is 1. The second-order valence-electron chi connectivity index (χ2n) is 6.67. The summed E-state index contributed by atoms with van der Waals surface area (Å²) in [5.41, 5.74) is 5.33. The van der Waals surface area contributed by atoms with Gasteiger partial charge in [0.15, 0.2) is 6.29 Å². The number of nitrogens with two attached hydrogens (primary N) is 1. The molecule has 0 bridgehead atoms. The molecular weight excluding hydrogens is 356 g/mol. The Morgan fingerprint density at radius 1 is 1.00 bits per heavy atom. The SMILES string of the molecule is CC(=O)NC1[C@H](OCCOCCOCCN)OC(COC(C)=O)[C@H](C)[C@@H]1C. The van der Waals surface area contributed by atoms with Gasteiger partial charge in [0.05, 0.1) is 45.2 Å². The molecule has 1 aliphatic heterocycles. The molecule has 0 aromatic rings. The van der Waals surface area contributed by atoms with E-state index in [0.717, 1.165) is 0 Å². The van der Waals surface area contributed by atoms with E-state index in [1.54, 1.807) is 0 Å². The van der Waals surface area contributed by atoms with E-state index < -0.39 is 6.29 Å². The molecule has 0 aromatic carbocycles. The van der Waals surface area contributed by atoms with Gasteiger partial charge in [-0.25, -0.2) is 0 Å². The summed E-state index contributed by atoms with van der Waals surface area (Å²) < 4.78 is 27.6. The van der Waals surface area contributed by atoms with Crippen LogP contribution in [0.3, 0.4) is 0 Å². The number of carbonyl (C=O) groups excluding carboxylic acids is 2. The van der Waals surface area contributed by atoms with Crippen molar-refractivity contribution in [3.63, 3.8) is 0 Å². The number of amides is 1. The number of hydrogen-bond donors (Lipinski definition) is 2. The first-order chi connectivity index (χ1) is 12.9. The summed E-state index contributed by atoms with van der Waals surface area (Å²) in [5.74, 6) is -0.344. The Balaban J connectivity index is 2.51. The van der Waals surface area contributed by atoms with Gasteiger partial charge in [0, 0.05) is 20.4 Å². The molecule has 1 aliphatic rings. The summed E-state index contributed by atoms with van der Waals surface area (Å²) >= 11 is 0. The van der Waals surface area contributed by atoms with Crippen LogP contribution in [0, 0.1) is 11.8 Å². The van der Waals surface area contributed by atoms with Gasteiger partial charge >= 0.3 is 5.97 Å². The molecular formula is C18H34N2O7. The molecule has 5 atom stereocenters. The first kappa shape index (κ1) is 23.8. The number of hydrogen-bond acceptors (Lipinski definition) is 8. The van der Waals surface area contributed by atoms with E-state index in [1.165, 1.54) is 13.8 Å². The minimum atomic E-state index is -0.641. The molecule has 3 N–H and O–H groups in total. The highest BCUT2D eigenvalue weighted by Gasteiger charge is 2.42. The third-order valence-electron chi connectivity index (χ3n) is 4.55. The smallest absolute Gasteiger partial charge is 0.302 e. The molecule has 158 valence electrons. The zero-order valence-electron chi connectivity index (χ0n) is 16.8. The molecule has 9 nitrogen and oxygen atoms in total. The third kappa shape index (κ3) is 8.98. The van der Waals surface area contributed by atoms with E-state index in [-0.39, 0.29) is 42.5 Å². The van der Waals surface area contributed by atoms with Crippen LogP contribution in [0.4, 0.5) is 0 Å². The Morgan fingerprint density at radius 2 is 1.63 bits per heavy atom. The highest BCUT2D eigenvalue weighted by molar-refractivity contribution is 5.73. The maximum absolute atomic E-state index is 11.6. The summed E-state index contributed by atoms with van der Waals surface area (Å²) in [5, 5.41) is 2.90. The summed E-state index contributed by atoms with van der Waals surface area (Å²) in [4.78, 5) is 22.7. The molecule has 27 heavy (non-hydrogen) atoms. The lowest BCUT2D eigenvalue weighted by molar-refractivity contribution is -0.247. The number of ether oxygens (including phenoxy) is 5. The Bertz CT molecular complexity index is 447. The van der Waals surface area contributed by atoms with E-state index in [0.29, 0.717) is 39.6 Å². The van der Waals surface area contributed by atoms with Gasteiger partial charge in [-0.15, -0.1) is 0 Å². The minimum absolute atomic E-state index is 0.0805. The molecule has 1 amide bonds. The van der Waals surface area contributed by atoms with Crippen molar-refractivity contribution in [2.75, 3.05) is 46.2 Å². The largest absolute Gasteiger partial charge is 0.463 e. The van der Waals surface area contributed by atoms with Crippen LogP contribution in [-0.2, 0) is 33.3 Å². The number of rotatable bonds is 12. The van der Waals surface area contributed by atoms with Gasteiger partial charge in [-0.1, -0.05) is 13.8 Å². The van der Waals surface area contributed by atoms with E-state index in [4.69, 9.17) is 29.4 Å². The quantitative estimate of drug-likeness (QED) is 0.355. The van der Waals surface area contributed by atoms with Crippen LogP contribution >= 0.6 is 0 Å². The minimum Gasteiger partial charge on any atom is -0.463 e. The van der Waals surface area contributed by atoms with Gasteiger partial charge in [-0.2, -0.15) is 0 Å². The summed E-state index contributed by atoms with van der Waals surface area (Å²) in [6.45, 7) is 9.61. The zero-order chi connectivity index (χ0) is 20.2. The molecule has 9 heteroatoms. The van der Waals surface area contributed by atoms with Crippen molar-refractivity contribution in [3.8, 4) is 0 Å². The first-order valence-corrected chi connectivity index (χ1v) is 9.39. The van der Waals surface area contributed by atoms with Crippen LogP contribution < -0.4 is 11.1 Å². The Labute approximate surface area is 161 Å². The average Bonchev–Trinajstić information content (AvgIpc) is 2.61. The molecule has 1 heterocycles. The fourth-order valence-corrected chi connectivity index (χ4v) is 2.89. The molecule has 1 saturated heterocycles. The number of carbonyl (C=O) groups is 2. The lowest BCUT2D eigenvalue weighted by Crippen LogP contribution is -2.58. The highest BCUT2D eigenvalue weighted by Crippen LogP contribution is 2.31. The maximum atomic E-state index is 11.6. The van der Waals surface area contributed by atoms with E-state index in [9.17, 15) is 9.59 Å². The van der Waals surface area contributed by atoms with Crippen LogP contribution in [0.5, 0.6) is 0 Å². The van der Waals surface area contributed by atoms with Crippen LogP contribution in [-0.4, -0.2) is 76.5 Å². The second-order valence-corrected chi connectivity index (χ2v) is 6.67. The lowest BCUT2D eigenvalue weighted by atomic mass is 9.82. The maximum Gasteiger partial charge on any atom is 0.302 e. The molecule has 1 fully saturated rings. The van der Waals surface area contributed by atoms with Crippen molar-refractivity contribution in [1.82, 2.24) is 5.32 Å². The predicted octanol–water partition coefficient (Wildman–Crippen LogP) is 0.0598. The highest BCUT2D eigenvalue weighted by atomic mass is 16.7. The van der Waals surface area contributed by atoms with Crippen molar-refractivity contribution in [3.05, 3.63) is 0 Å². The summed E-state index contributed by atoms with van der Waals surface area (Å²) in [7, 11) is 0. The molecule has 1 rings (SSSR count). The van der Waals surface area contributed by atoms with Crippen molar-refractivity contribution in [2.45, 2.75) is 46.1 Å².